The number of ether oxygens (including phenoxy) is 1. The molecule has 1 aliphatic rings. The van der Waals surface area contributed by atoms with Crippen molar-refractivity contribution < 1.29 is 24.1 Å². The molecule has 330 valence electrons. The predicted octanol–water partition coefficient (Wildman–Crippen LogP) is 15.6. The molecule has 0 saturated heterocycles. The molecule has 3 aromatic heterocycles. The van der Waals surface area contributed by atoms with E-state index in [4.69, 9.17) is 9.72 Å². The molecule has 0 spiro atoms. The van der Waals surface area contributed by atoms with E-state index >= 15 is 0 Å². The van der Waals surface area contributed by atoms with Crippen LogP contribution in [-0.2, 0) is 36.6 Å². The summed E-state index contributed by atoms with van der Waals surface area (Å²) >= 11 is 2.60. The van der Waals surface area contributed by atoms with Gasteiger partial charge in [-0.1, -0.05) is 47.6 Å². The number of aryl methyl sites for hydroxylation is 1. The smallest absolute Gasteiger partial charge is 0.0149 e. The van der Waals surface area contributed by atoms with Gasteiger partial charge in [-0.2, -0.15) is 0 Å². The average molecular weight is 1040 g/mol. The number of imidazole rings is 1. The first kappa shape index (κ1) is 42.1. The van der Waals surface area contributed by atoms with Crippen molar-refractivity contribution in [3.63, 3.8) is 0 Å². The van der Waals surface area contributed by atoms with Crippen LogP contribution in [0.15, 0.2) is 176 Å². The largest absolute Gasteiger partial charge is 0.0149 e. The Balaban J connectivity index is 1.04. The Morgan fingerprint density at radius 1 is 0.545 bits per heavy atom. The van der Waals surface area contributed by atoms with E-state index in [2.05, 4.69) is 244 Å². The summed E-state index contributed by atoms with van der Waals surface area (Å²) in [6.07, 6.45) is 5.13. The fraction of sp³-hybridized carbons (Fsp3) is 0.200. The molecule has 7 aromatic carbocycles. The van der Waals surface area contributed by atoms with Crippen molar-refractivity contribution in [2.24, 2.45) is 0 Å². The molecule has 1 aliphatic carbocycles. The summed E-state index contributed by atoms with van der Waals surface area (Å²) in [7, 11) is 0. The maximum Gasteiger partial charge on any atom is -0.0149 e. The van der Waals surface area contributed by atoms with Gasteiger partial charge in [-0.05, 0) is 46.2 Å². The van der Waals surface area contributed by atoms with Gasteiger partial charge in [-0.25, -0.2) is 4.98 Å². The SMILES string of the molecule is CC(C)(C)c1ccnc(-n2c3ccc(C(C)(C)C)cc3c3ccc(Oc4ccc5c(c4)C(n4[c](=[Pt])n(-c6c(-c7ccccc7)cccc6-c6ccccc6)c6ccccc64)CCC5)cc32)c1. The van der Waals surface area contributed by atoms with Crippen molar-refractivity contribution in [2.45, 2.75) is 77.7 Å². The summed E-state index contributed by atoms with van der Waals surface area (Å²) in [4.78, 5) is 4.97. The molecule has 5 nitrogen and oxygen atoms in total. The van der Waals surface area contributed by atoms with Crippen molar-refractivity contribution in [2.75, 3.05) is 0 Å². The fourth-order valence-electron chi connectivity index (χ4n) is 10.1. The van der Waals surface area contributed by atoms with Crippen LogP contribution in [0.3, 0.4) is 0 Å². The Morgan fingerprint density at radius 3 is 1.88 bits per heavy atom. The quantitative estimate of drug-likeness (QED) is 0.159. The molecule has 10 aromatic rings. The molecule has 1 atom stereocenters. The zero-order valence-electron chi connectivity index (χ0n) is 38.5. The average Bonchev–Trinajstić information content (AvgIpc) is 3.81. The Kier molecular flexibility index (Phi) is 10.5. The van der Waals surface area contributed by atoms with Gasteiger partial charge in [-0.3, -0.25) is 0 Å². The van der Waals surface area contributed by atoms with E-state index in [1.165, 1.54) is 72.0 Å². The second-order valence-electron chi connectivity index (χ2n) is 19.9. The van der Waals surface area contributed by atoms with Crippen LogP contribution in [0.1, 0.15) is 82.7 Å². The van der Waals surface area contributed by atoms with Crippen LogP contribution in [0.2, 0.25) is 0 Å². The minimum Gasteiger partial charge on any atom is -0.0149 e. The monoisotopic (exact) mass is 1040 g/mol. The van der Waals surface area contributed by atoms with Crippen LogP contribution in [0.5, 0.6) is 11.5 Å². The minimum atomic E-state index is -0.0164. The molecule has 1 unspecified atom stereocenters. The zero-order valence-corrected chi connectivity index (χ0v) is 40.7. The first-order valence-electron chi connectivity index (χ1n) is 23.2. The van der Waals surface area contributed by atoms with Crippen LogP contribution in [-0.4, -0.2) is 18.7 Å². The topological polar surface area (TPSA) is 36.9 Å². The van der Waals surface area contributed by atoms with Gasteiger partial charge in [0, 0.05) is 6.20 Å². The number of nitrogens with zero attached hydrogens (tertiary/aromatic N) is 4. The third-order valence-electron chi connectivity index (χ3n) is 13.6. The van der Waals surface area contributed by atoms with Crippen LogP contribution in [0.25, 0.3) is 66.6 Å². The van der Waals surface area contributed by atoms with Gasteiger partial charge in [-0.15, -0.1) is 0 Å². The summed E-state index contributed by atoms with van der Waals surface area (Å²) in [5.74, 6) is 2.55. The first-order chi connectivity index (χ1) is 31.9. The molecule has 0 radical (unpaired) electrons. The Hall–Kier alpha value is -6.55. The van der Waals surface area contributed by atoms with Crippen molar-refractivity contribution in [1.29, 1.82) is 0 Å². The molecular weight excluding hydrogens is 988 g/mol. The van der Waals surface area contributed by atoms with Crippen molar-refractivity contribution in [3.05, 3.63) is 202 Å². The number of rotatable bonds is 7. The van der Waals surface area contributed by atoms with E-state index in [1.807, 2.05) is 6.20 Å². The number of benzene rings is 7. The van der Waals surface area contributed by atoms with Gasteiger partial charge < -0.3 is 0 Å². The van der Waals surface area contributed by atoms with E-state index in [0.29, 0.717) is 0 Å². The molecule has 0 fully saturated rings. The molecule has 0 amide bonds. The number of para-hydroxylation sites is 3. The van der Waals surface area contributed by atoms with Gasteiger partial charge in [0.1, 0.15) is 0 Å². The van der Waals surface area contributed by atoms with Crippen LogP contribution in [0.4, 0.5) is 0 Å². The van der Waals surface area contributed by atoms with Gasteiger partial charge in [0.25, 0.3) is 0 Å². The van der Waals surface area contributed by atoms with Crippen LogP contribution >= 0.6 is 0 Å². The Bertz CT molecular complexity index is 3470. The van der Waals surface area contributed by atoms with E-state index in [1.54, 1.807) is 0 Å². The van der Waals surface area contributed by atoms with Gasteiger partial charge in [0.05, 0.1) is 0 Å². The summed E-state index contributed by atoms with van der Waals surface area (Å²) in [6.45, 7) is 13.6. The molecule has 0 saturated carbocycles. The number of aromatic nitrogens is 4. The van der Waals surface area contributed by atoms with E-state index in [-0.39, 0.29) is 16.9 Å². The molecule has 3 heterocycles. The number of fused-ring (bicyclic) bond motifs is 5. The normalized spacial score (nSPS) is 14.3. The van der Waals surface area contributed by atoms with E-state index in [0.717, 1.165) is 51.4 Å². The first-order valence-corrected chi connectivity index (χ1v) is 24.3. The molecule has 6 heteroatoms. The maximum absolute atomic E-state index is 6.95. The zero-order chi connectivity index (χ0) is 45.3. The van der Waals surface area contributed by atoms with Crippen LogP contribution < -0.4 is 4.74 Å². The van der Waals surface area contributed by atoms with Crippen molar-refractivity contribution >= 4 is 32.8 Å². The molecule has 0 bridgehead atoms. The summed E-state index contributed by atoms with van der Waals surface area (Å²) < 4.78 is 15.5. The van der Waals surface area contributed by atoms with Crippen molar-refractivity contribution in [3.8, 4) is 45.3 Å². The second-order valence-corrected chi connectivity index (χ2v) is 20.9. The Morgan fingerprint density at radius 2 is 1.18 bits per heavy atom. The van der Waals surface area contributed by atoms with E-state index in [9.17, 15) is 0 Å². The third kappa shape index (κ3) is 7.38. The molecule has 0 aliphatic heterocycles. The fourth-order valence-corrected chi connectivity index (χ4v) is 11.3. The molecule has 0 N–H and O–H groups in total. The van der Waals surface area contributed by atoms with Crippen molar-refractivity contribution in [1.82, 2.24) is 18.7 Å². The standard InChI is InChI=1S/C60H54N4O.Pt/c1-59(2,3)43-28-32-53-51(35-43)49-31-30-46(38-56(49)64(53)57-36-44(33-34-61-57)60(4,5)6)65-45-29-27-42-21-15-26-52(50(42)37-45)62-39-63(55-25-14-13-24-54(55)62)58-47(40-17-9-7-10-18-40)22-16-23-48(58)41-19-11-8-12-20-41;/h7-14,16-20,22-25,27-38,52H,15,21,26H2,1-6H3;. The molecule has 11 rings (SSSR count). The number of pyridine rings is 1. The summed E-state index contributed by atoms with van der Waals surface area (Å²) in [5, 5.41) is 2.40. The van der Waals surface area contributed by atoms with Crippen LogP contribution in [0, 0.1) is 3.80 Å². The van der Waals surface area contributed by atoms with Gasteiger partial charge in [0.15, 0.2) is 0 Å². The van der Waals surface area contributed by atoms with Gasteiger partial charge >= 0.3 is 296 Å². The summed E-state index contributed by atoms with van der Waals surface area (Å²) in [6, 6.07) is 62.0. The van der Waals surface area contributed by atoms with Gasteiger partial charge in [0.2, 0.25) is 0 Å². The molecule has 66 heavy (non-hydrogen) atoms. The Labute approximate surface area is 398 Å². The van der Waals surface area contributed by atoms with E-state index < -0.39 is 0 Å². The molecular formula is C60H54N4OPt. The summed E-state index contributed by atoms with van der Waals surface area (Å²) in [5.41, 5.74) is 15.8. The number of hydrogen-bond donors (Lipinski definition) is 0. The third-order valence-corrected chi connectivity index (χ3v) is 14.6. The minimum absolute atomic E-state index is 0.0164. The number of hydrogen-bond acceptors (Lipinski definition) is 2. The second kappa shape index (κ2) is 16.4. The maximum atomic E-state index is 6.95. The predicted molar refractivity (Wildman–Crippen MR) is 269 cm³/mol.